The molecule has 1 aromatic heterocycles. The van der Waals surface area contributed by atoms with Gasteiger partial charge in [0, 0.05) is 38.9 Å². The monoisotopic (exact) mass is 475 g/mol. The van der Waals surface area contributed by atoms with E-state index in [0.29, 0.717) is 34.8 Å². The number of piperazine rings is 1. The Kier molecular flexibility index (Phi) is 7.16. The lowest BCUT2D eigenvalue weighted by Crippen LogP contribution is -2.49. The first-order chi connectivity index (χ1) is 15.5. The number of ether oxygens (including phenoxy) is 1. The largest absolute Gasteiger partial charge is 0.484 e. The van der Waals surface area contributed by atoms with Gasteiger partial charge < -0.3 is 19.1 Å². The average Bonchev–Trinajstić information content (AvgIpc) is 3.17. The highest BCUT2D eigenvalue weighted by Crippen LogP contribution is 2.24. The molecule has 1 aliphatic rings. The molecule has 0 N–H and O–H groups in total. The van der Waals surface area contributed by atoms with Crippen LogP contribution in [-0.4, -0.2) is 57.5 Å². The Bertz CT molecular complexity index is 1070. The summed E-state index contributed by atoms with van der Waals surface area (Å²) < 4.78 is 20.7. The molecule has 7 nitrogen and oxygen atoms in total. The standard InChI is InChI=1S/C22H23ClFN5O2S/c1-27-20(14-31-19-5-3-2-4-18(19)23)25-26-22(27)32-15-21(30)29-12-10-28(11-13-29)17-8-6-16(24)7-9-17/h2-9H,10-15H2,1H3. The predicted octanol–water partition coefficient (Wildman–Crippen LogP) is 3.63. The molecular formula is C22H23ClFN5O2S. The van der Waals surface area contributed by atoms with Crippen molar-refractivity contribution in [1.29, 1.82) is 0 Å². The fourth-order valence-electron chi connectivity index (χ4n) is 3.38. The molecule has 0 saturated carbocycles. The van der Waals surface area contributed by atoms with Gasteiger partial charge in [-0.3, -0.25) is 4.79 Å². The molecule has 32 heavy (non-hydrogen) atoms. The first-order valence-electron chi connectivity index (χ1n) is 10.2. The third kappa shape index (κ3) is 5.34. The Balaban J connectivity index is 1.25. The number of para-hydroxylation sites is 1. The summed E-state index contributed by atoms with van der Waals surface area (Å²) >= 11 is 7.47. The van der Waals surface area contributed by atoms with Crippen molar-refractivity contribution in [1.82, 2.24) is 19.7 Å². The smallest absolute Gasteiger partial charge is 0.233 e. The molecule has 0 aliphatic carbocycles. The molecule has 1 aliphatic heterocycles. The molecule has 0 radical (unpaired) electrons. The number of anilines is 1. The molecule has 2 heterocycles. The highest BCUT2D eigenvalue weighted by Gasteiger charge is 2.22. The molecule has 10 heteroatoms. The number of rotatable bonds is 7. The number of hydrogen-bond acceptors (Lipinski definition) is 6. The van der Waals surface area contributed by atoms with Gasteiger partial charge in [0.1, 0.15) is 18.2 Å². The normalized spacial score (nSPS) is 14.0. The van der Waals surface area contributed by atoms with Crippen LogP contribution in [-0.2, 0) is 18.4 Å². The minimum absolute atomic E-state index is 0.0608. The number of carbonyl (C=O) groups is 1. The Labute approximate surface area is 195 Å². The van der Waals surface area contributed by atoms with Gasteiger partial charge >= 0.3 is 0 Å². The van der Waals surface area contributed by atoms with Crippen molar-refractivity contribution >= 4 is 35.0 Å². The summed E-state index contributed by atoms with van der Waals surface area (Å²) in [5.41, 5.74) is 0.971. The summed E-state index contributed by atoms with van der Waals surface area (Å²) in [6.45, 7) is 2.93. The Hall–Kier alpha value is -2.78. The molecule has 0 unspecified atom stereocenters. The van der Waals surface area contributed by atoms with Crippen LogP contribution in [0.3, 0.4) is 0 Å². The van der Waals surface area contributed by atoms with E-state index in [-0.39, 0.29) is 24.1 Å². The maximum Gasteiger partial charge on any atom is 0.233 e. The Morgan fingerprint density at radius 1 is 1.09 bits per heavy atom. The third-order valence-electron chi connectivity index (χ3n) is 5.27. The summed E-state index contributed by atoms with van der Waals surface area (Å²) in [4.78, 5) is 16.7. The second kappa shape index (κ2) is 10.2. The molecule has 4 rings (SSSR count). The number of halogens is 2. The maximum atomic E-state index is 13.1. The lowest BCUT2D eigenvalue weighted by molar-refractivity contribution is -0.128. The highest BCUT2D eigenvalue weighted by atomic mass is 35.5. The molecule has 0 bridgehead atoms. The second-order valence-electron chi connectivity index (χ2n) is 7.31. The van der Waals surface area contributed by atoms with E-state index in [1.165, 1.54) is 23.9 Å². The number of aromatic nitrogens is 3. The van der Waals surface area contributed by atoms with Gasteiger partial charge in [0.25, 0.3) is 0 Å². The topological polar surface area (TPSA) is 63.5 Å². The van der Waals surface area contributed by atoms with Gasteiger partial charge in [-0.25, -0.2) is 4.39 Å². The minimum atomic E-state index is -0.248. The van der Waals surface area contributed by atoms with Gasteiger partial charge in [-0.2, -0.15) is 0 Å². The molecule has 1 fully saturated rings. The van der Waals surface area contributed by atoms with Gasteiger partial charge in [-0.15, -0.1) is 10.2 Å². The fraction of sp³-hybridized carbons (Fsp3) is 0.318. The number of benzene rings is 2. The van der Waals surface area contributed by atoms with E-state index in [9.17, 15) is 9.18 Å². The van der Waals surface area contributed by atoms with Crippen molar-refractivity contribution in [3.8, 4) is 5.75 Å². The zero-order valence-corrected chi connectivity index (χ0v) is 19.2. The number of thioether (sulfide) groups is 1. The van der Waals surface area contributed by atoms with Crippen LogP contribution < -0.4 is 9.64 Å². The zero-order chi connectivity index (χ0) is 22.5. The predicted molar refractivity (Wildman–Crippen MR) is 123 cm³/mol. The summed E-state index contributed by atoms with van der Waals surface area (Å²) in [6.07, 6.45) is 0. The van der Waals surface area contributed by atoms with Crippen LogP contribution in [0.1, 0.15) is 5.82 Å². The van der Waals surface area contributed by atoms with Crippen molar-refractivity contribution < 1.29 is 13.9 Å². The third-order valence-corrected chi connectivity index (χ3v) is 6.58. The van der Waals surface area contributed by atoms with Gasteiger partial charge in [0.2, 0.25) is 5.91 Å². The highest BCUT2D eigenvalue weighted by molar-refractivity contribution is 7.99. The van der Waals surface area contributed by atoms with Gasteiger partial charge in [0.05, 0.1) is 10.8 Å². The summed E-state index contributed by atoms with van der Waals surface area (Å²) in [5, 5.41) is 9.54. The van der Waals surface area contributed by atoms with Crippen molar-refractivity contribution in [2.75, 3.05) is 36.8 Å². The number of hydrogen-bond donors (Lipinski definition) is 0. The van der Waals surface area contributed by atoms with Crippen molar-refractivity contribution in [2.45, 2.75) is 11.8 Å². The first kappa shape index (κ1) is 22.4. The van der Waals surface area contributed by atoms with Gasteiger partial charge in [-0.05, 0) is 36.4 Å². The first-order valence-corrected chi connectivity index (χ1v) is 11.5. The maximum absolute atomic E-state index is 13.1. The number of carbonyl (C=O) groups excluding carboxylic acids is 1. The zero-order valence-electron chi connectivity index (χ0n) is 17.6. The molecule has 2 aromatic carbocycles. The van der Waals surface area contributed by atoms with Crippen molar-refractivity contribution in [3.63, 3.8) is 0 Å². The van der Waals surface area contributed by atoms with Crippen LogP contribution in [0.2, 0.25) is 5.02 Å². The van der Waals surface area contributed by atoms with Crippen LogP contribution in [0, 0.1) is 5.82 Å². The quantitative estimate of drug-likeness (QED) is 0.486. The molecule has 1 saturated heterocycles. The van der Waals surface area contributed by atoms with E-state index in [1.54, 1.807) is 24.3 Å². The molecule has 1 amide bonds. The van der Waals surface area contributed by atoms with E-state index in [2.05, 4.69) is 15.1 Å². The number of nitrogens with zero attached hydrogens (tertiary/aromatic N) is 5. The minimum Gasteiger partial charge on any atom is -0.484 e. The van der Waals surface area contributed by atoms with Crippen LogP contribution in [0.5, 0.6) is 5.75 Å². The Morgan fingerprint density at radius 2 is 1.81 bits per heavy atom. The van der Waals surface area contributed by atoms with Crippen LogP contribution in [0.25, 0.3) is 0 Å². The van der Waals surface area contributed by atoms with Crippen molar-refractivity contribution in [3.05, 3.63) is 65.2 Å². The van der Waals surface area contributed by atoms with Gasteiger partial charge in [0.15, 0.2) is 11.0 Å². The molecule has 0 atom stereocenters. The van der Waals surface area contributed by atoms with E-state index in [0.717, 1.165) is 18.8 Å². The SMILES string of the molecule is Cn1c(COc2ccccc2Cl)nnc1SCC(=O)N1CCN(c2ccc(F)cc2)CC1. The lowest BCUT2D eigenvalue weighted by atomic mass is 10.2. The van der Waals surface area contributed by atoms with Crippen LogP contribution in [0.15, 0.2) is 53.7 Å². The molecular weight excluding hydrogens is 453 g/mol. The molecule has 3 aromatic rings. The van der Waals surface area contributed by atoms with Crippen LogP contribution in [0.4, 0.5) is 10.1 Å². The summed E-state index contributed by atoms with van der Waals surface area (Å²) in [5.74, 6) is 1.33. The second-order valence-corrected chi connectivity index (χ2v) is 8.66. The average molecular weight is 476 g/mol. The molecule has 168 valence electrons. The van der Waals surface area contributed by atoms with Crippen LogP contribution >= 0.6 is 23.4 Å². The van der Waals surface area contributed by atoms with Crippen molar-refractivity contribution in [2.24, 2.45) is 7.05 Å². The fourth-order valence-corrected chi connectivity index (χ4v) is 4.41. The molecule has 0 spiro atoms. The van der Waals surface area contributed by atoms with E-state index < -0.39 is 0 Å². The van der Waals surface area contributed by atoms with Gasteiger partial charge in [-0.1, -0.05) is 35.5 Å². The summed E-state index contributed by atoms with van der Waals surface area (Å²) in [7, 11) is 1.85. The number of amides is 1. The summed E-state index contributed by atoms with van der Waals surface area (Å²) in [6, 6.07) is 13.7. The van der Waals surface area contributed by atoms with E-state index >= 15 is 0 Å². The van der Waals surface area contributed by atoms with E-state index in [1.807, 2.05) is 28.6 Å². The van der Waals surface area contributed by atoms with E-state index in [4.69, 9.17) is 16.3 Å². The lowest BCUT2D eigenvalue weighted by Gasteiger charge is -2.36. The Morgan fingerprint density at radius 3 is 2.53 bits per heavy atom.